The van der Waals surface area contributed by atoms with Crippen LogP contribution in [0.2, 0.25) is 0 Å². The fourth-order valence-corrected chi connectivity index (χ4v) is 4.02. The van der Waals surface area contributed by atoms with Crippen LogP contribution in [0.25, 0.3) is 0 Å². The summed E-state index contributed by atoms with van der Waals surface area (Å²) in [5.41, 5.74) is 0. The van der Waals surface area contributed by atoms with Crippen molar-refractivity contribution in [3.63, 3.8) is 0 Å². The molecule has 1 heterocycles. The normalized spacial score (nSPS) is 32.7. The van der Waals surface area contributed by atoms with Crippen molar-refractivity contribution >= 4 is 11.8 Å². The standard InChI is InChI=1S/C15H30N2OS/c1-15(2,3)19-10-8-17-13-6-4-5-12(13)14-11-18-9-7-16-14/h12-14,16-17H,4-11H2,1-3H3. The number of hydrogen-bond donors (Lipinski definition) is 2. The lowest BCUT2D eigenvalue weighted by Gasteiger charge is -2.33. The summed E-state index contributed by atoms with van der Waals surface area (Å²) in [6.07, 6.45) is 4.06. The van der Waals surface area contributed by atoms with Crippen LogP contribution >= 0.6 is 11.8 Å². The molecule has 1 aliphatic heterocycles. The summed E-state index contributed by atoms with van der Waals surface area (Å²) < 4.78 is 6.00. The lowest BCUT2D eigenvalue weighted by atomic mass is 9.94. The first kappa shape index (κ1) is 15.6. The molecular weight excluding hydrogens is 256 g/mol. The van der Waals surface area contributed by atoms with Gasteiger partial charge in [-0.25, -0.2) is 0 Å². The van der Waals surface area contributed by atoms with Gasteiger partial charge in [-0.3, -0.25) is 0 Å². The smallest absolute Gasteiger partial charge is 0.0623 e. The van der Waals surface area contributed by atoms with Gasteiger partial charge in [0, 0.05) is 35.7 Å². The summed E-state index contributed by atoms with van der Waals surface area (Å²) in [5.74, 6) is 1.97. The molecule has 0 aromatic heterocycles. The van der Waals surface area contributed by atoms with Crippen molar-refractivity contribution in [1.82, 2.24) is 10.6 Å². The van der Waals surface area contributed by atoms with E-state index in [-0.39, 0.29) is 0 Å². The predicted octanol–water partition coefficient (Wildman–Crippen LogP) is 2.26. The quantitative estimate of drug-likeness (QED) is 0.760. The van der Waals surface area contributed by atoms with Crippen molar-refractivity contribution < 1.29 is 4.74 Å². The summed E-state index contributed by atoms with van der Waals surface area (Å²) in [7, 11) is 0. The van der Waals surface area contributed by atoms with E-state index in [4.69, 9.17) is 4.74 Å². The van der Waals surface area contributed by atoms with Gasteiger partial charge in [0.25, 0.3) is 0 Å². The minimum Gasteiger partial charge on any atom is -0.379 e. The number of morpholine rings is 1. The molecule has 19 heavy (non-hydrogen) atoms. The predicted molar refractivity (Wildman–Crippen MR) is 84.0 cm³/mol. The van der Waals surface area contributed by atoms with Gasteiger partial charge in [-0.15, -0.1) is 0 Å². The fourth-order valence-electron chi connectivity index (χ4n) is 3.19. The molecule has 0 amide bonds. The first-order chi connectivity index (χ1) is 9.06. The van der Waals surface area contributed by atoms with E-state index < -0.39 is 0 Å². The van der Waals surface area contributed by atoms with Crippen LogP contribution in [0.3, 0.4) is 0 Å². The van der Waals surface area contributed by atoms with Crippen LogP contribution in [0.1, 0.15) is 40.0 Å². The summed E-state index contributed by atoms with van der Waals surface area (Å²) in [5, 5.41) is 7.42. The number of ether oxygens (including phenoxy) is 1. The molecule has 1 saturated carbocycles. The Morgan fingerprint density at radius 1 is 1.32 bits per heavy atom. The zero-order chi connectivity index (χ0) is 13.7. The molecule has 0 aromatic carbocycles. The van der Waals surface area contributed by atoms with Crippen molar-refractivity contribution in [2.24, 2.45) is 5.92 Å². The molecule has 1 saturated heterocycles. The maximum atomic E-state index is 5.62. The van der Waals surface area contributed by atoms with Crippen LogP contribution in [-0.2, 0) is 4.74 Å². The highest BCUT2D eigenvalue weighted by atomic mass is 32.2. The van der Waals surface area contributed by atoms with Crippen molar-refractivity contribution in [1.29, 1.82) is 0 Å². The Balaban J connectivity index is 1.69. The highest BCUT2D eigenvalue weighted by Crippen LogP contribution is 2.29. The van der Waals surface area contributed by atoms with E-state index in [2.05, 4.69) is 43.2 Å². The third-order valence-corrected chi connectivity index (χ3v) is 5.35. The van der Waals surface area contributed by atoms with Gasteiger partial charge in [-0.1, -0.05) is 27.2 Å². The molecule has 2 aliphatic rings. The Bertz CT molecular complexity index is 261. The summed E-state index contributed by atoms with van der Waals surface area (Å²) in [6, 6.07) is 1.27. The largest absolute Gasteiger partial charge is 0.379 e. The van der Waals surface area contributed by atoms with E-state index in [0.717, 1.165) is 32.2 Å². The van der Waals surface area contributed by atoms with E-state index >= 15 is 0 Å². The zero-order valence-electron chi connectivity index (χ0n) is 12.7. The SMILES string of the molecule is CC(C)(C)SCCNC1CCCC1C1COCCN1. The molecule has 1 aliphatic carbocycles. The third-order valence-electron chi connectivity index (χ3n) is 4.08. The number of hydrogen-bond acceptors (Lipinski definition) is 4. The number of rotatable bonds is 5. The van der Waals surface area contributed by atoms with Crippen molar-refractivity contribution in [2.75, 3.05) is 32.1 Å². The van der Waals surface area contributed by atoms with E-state index in [0.29, 0.717) is 16.8 Å². The first-order valence-electron chi connectivity index (χ1n) is 7.75. The minimum atomic E-state index is 0.384. The Hall–Kier alpha value is 0.230. The first-order valence-corrected chi connectivity index (χ1v) is 8.73. The second-order valence-electron chi connectivity index (χ2n) is 6.75. The molecule has 0 radical (unpaired) electrons. The Morgan fingerprint density at radius 3 is 2.84 bits per heavy atom. The monoisotopic (exact) mass is 286 g/mol. The maximum absolute atomic E-state index is 5.62. The van der Waals surface area contributed by atoms with Crippen LogP contribution < -0.4 is 10.6 Å². The van der Waals surface area contributed by atoms with Crippen LogP contribution in [0.15, 0.2) is 0 Å². The summed E-state index contributed by atoms with van der Waals surface area (Å²) in [6.45, 7) is 10.8. The lowest BCUT2D eigenvalue weighted by molar-refractivity contribution is 0.0527. The number of thioether (sulfide) groups is 1. The van der Waals surface area contributed by atoms with E-state index in [1.807, 2.05) is 0 Å². The lowest BCUT2D eigenvalue weighted by Crippen LogP contribution is -2.51. The Morgan fingerprint density at radius 2 is 2.16 bits per heavy atom. The average molecular weight is 286 g/mol. The van der Waals surface area contributed by atoms with Crippen LogP contribution in [0.4, 0.5) is 0 Å². The van der Waals surface area contributed by atoms with Crippen molar-refractivity contribution in [2.45, 2.75) is 56.9 Å². The highest BCUT2D eigenvalue weighted by molar-refractivity contribution is 8.00. The van der Waals surface area contributed by atoms with Crippen LogP contribution in [-0.4, -0.2) is 48.9 Å². The molecule has 0 spiro atoms. The summed E-state index contributed by atoms with van der Waals surface area (Å²) >= 11 is 2.05. The molecule has 3 atom stereocenters. The van der Waals surface area contributed by atoms with Crippen LogP contribution in [0, 0.1) is 5.92 Å². The topological polar surface area (TPSA) is 33.3 Å². The highest BCUT2D eigenvalue weighted by Gasteiger charge is 2.34. The molecule has 0 bridgehead atoms. The van der Waals surface area contributed by atoms with Gasteiger partial charge in [-0.2, -0.15) is 11.8 Å². The Labute approximate surface area is 122 Å². The van der Waals surface area contributed by atoms with Crippen LogP contribution in [0.5, 0.6) is 0 Å². The van der Waals surface area contributed by atoms with Crippen molar-refractivity contribution in [3.05, 3.63) is 0 Å². The van der Waals surface area contributed by atoms with E-state index in [1.54, 1.807) is 0 Å². The summed E-state index contributed by atoms with van der Waals surface area (Å²) in [4.78, 5) is 0. The molecular formula is C15H30N2OS. The van der Waals surface area contributed by atoms with Gasteiger partial charge in [0.05, 0.1) is 13.2 Å². The third kappa shape index (κ3) is 5.25. The molecule has 3 nitrogen and oxygen atoms in total. The van der Waals surface area contributed by atoms with Gasteiger partial charge in [0.1, 0.15) is 0 Å². The van der Waals surface area contributed by atoms with Gasteiger partial charge in [0.15, 0.2) is 0 Å². The molecule has 0 aromatic rings. The molecule has 112 valence electrons. The molecule has 4 heteroatoms. The van der Waals surface area contributed by atoms with Gasteiger partial charge in [-0.05, 0) is 18.8 Å². The molecule has 2 N–H and O–H groups in total. The van der Waals surface area contributed by atoms with Crippen molar-refractivity contribution in [3.8, 4) is 0 Å². The fraction of sp³-hybridized carbons (Fsp3) is 1.00. The maximum Gasteiger partial charge on any atom is 0.0623 e. The van der Waals surface area contributed by atoms with E-state index in [9.17, 15) is 0 Å². The van der Waals surface area contributed by atoms with Gasteiger partial charge in [0.2, 0.25) is 0 Å². The second-order valence-corrected chi connectivity index (χ2v) is 8.67. The molecule has 3 unspecified atom stereocenters. The Kier molecular flexibility index (Phi) is 6.00. The minimum absolute atomic E-state index is 0.384. The zero-order valence-corrected chi connectivity index (χ0v) is 13.5. The van der Waals surface area contributed by atoms with Gasteiger partial charge >= 0.3 is 0 Å². The van der Waals surface area contributed by atoms with E-state index in [1.165, 1.54) is 25.0 Å². The molecule has 2 rings (SSSR count). The average Bonchev–Trinajstić information content (AvgIpc) is 2.83. The molecule has 2 fully saturated rings. The van der Waals surface area contributed by atoms with Gasteiger partial charge < -0.3 is 15.4 Å². The number of nitrogens with one attached hydrogen (secondary N) is 2. The second kappa shape index (κ2) is 7.30.